The number of imidazole rings is 1. The van der Waals surface area contributed by atoms with Gasteiger partial charge in [0.25, 0.3) is 11.5 Å². The summed E-state index contributed by atoms with van der Waals surface area (Å²) in [4.78, 5) is 39.6. The summed E-state index contributed by atoms with van der Waals surface area (Å²) in [6.45, 7) is 1.21. The number of nitrogens with zero attached hydrogens (tertiary/aromatic N) is 5. The van der Waals surface area contributed by atoms with Gasteiger partial charge in [0.15, 0.2) is 0 Å². The summed E-state index contributed by atoms with van der Waals surface area (Å²) in [5, 5.41) is 0. The molecule has 8 heteroatoms. The number of carbonyl (C=O) groups excluding carboxylic acids is 1. The van der Waals surface area contributed by atoms with E-state index in [-0.39, 0.29) is 17.4 Å². The fraction of sp³-hybridized carbons (Fsp3) is 0.333. The van der Waals surface area contributed by atoms with Gasteiger partial charge in [-0.2, -0.15) is 0 Å². The van der Waals surface area contributed by atoms with Gasteiger partial charge in [-0.05, 0) is 18.6 Å². The monoisotopic (exact) mass is 352 g/mol. The third kappa shape index (κ3) is 2.94. The Labute approximate surface area is 150 Å². The maximum atomic E-state index is 12.8. The largest absolute Gasteiger partial charge is 0.348 e. The summed E-state index contributed by atoms with van der Waals surface area (Å²) in [5.41, 5.74) is 2.10. The van der Waals surface area contributed by atoms with E-state index in [1.165, 1.54) is 6.07 Å². The van der Waals surface area contributed by atoms with E-state index in [0.717, 1.165) is 17.6 Å². The van der Waals surface area contributed by atoms with Crippen molar-refractivity contribution in [2.24, 2.45) is 0 Å². The van der Waals surface area contributed by atoms with Gasteiger partial charge in [0, 0.05) is 50.9 Å². The van der Waals surface area contributed by atoms with E-state index < -0.39 is 0 Å². The molecule has 1 aliphatic heterocycles. The fourth-order valence-electron chi connectivity index (χ4n) is 3.31. The van der Waals surface area contributed by atoms with Crippen LogP contribution < -0.4 is 10.5 Å². The van der Waals surface area contributed by atoms with E-state index >= 15 is 0 Å². The third-order valence-corrected chi connectivity index (χ3v) is 4.73. The van der Waals surface area contributed by atoms with Crippen LogP contribution in [0.2, 0.25) is 0 Å². The number of likely N-dealkylation sites (tertiary alicyclic amines) is 1. The van der Waals surface area contributed by atoms with E-state index in [1.807, 2.05) is 35.7 Å². The van der Waals surface area contributed by atoms with Crippen molar-refractivity contribution >= 4 is 17.4 Å². The SMILES string of the molecule is CN(C)c1nc(C2CCN(C(=O)c3ccn4cncc4c3)C2)cc(=O)[nH]1. The molecule has 1 N–H and O–H groups in total. The highest BCUT2D eigenvalue weighted by Gasteiger charge is 2.29. The Morgan fingerprint density at radius 3 is 3.00 bits per heavy atom. The first-order valence-corrected chi connectivity index (χ1v) is 8.51. The van der Waals surface area contributed by atoms with Crippen LogP contribution in [0.1, 0.15) is 28.4 Å². The van der Waals surface area contributed by atoms with Gasteiger partial charge >= 0.3 is 0 Å². The second-order valence-corrected chi connectivity index (χ2v) is 6.77. The normalized spacial score (nSPS) is 17.0. The standard InChI is InChI=1S/C18H20N6O2/c1-22(2)18-20-15(8-16(25)21-18)13-4-5-23(10-13)17(26)12-3-6-24-11-19-9-14(24)7-12/h3,6-9,11,13H,4-5,10H2,1-2H3,(H,20,21,25). The van der Waals surface area contributed by atoms with Crippen molar-refractivity contribution < 1.29 is 4.79 Å². The Kier molecular flexibility index (Phi) is 3.95. The van der Waals surface area contributed by atoms with Gasteiger partial charge < -0.3 is 14.2 Å². The van der Waals surface area contributed by atoms with Gasteiger partial charge in [0.05, 0.1) is 23.7 Å². The molecule has 3 aromatic rings. The average Bonchev–Trinajstić information content (AvgIpc) is 3.29. The summed E-state index contributed by atoms with van der Waals surface area (Å²) >= 11 is 0. The van der Waals surface area contributed by atoms with Crippen molar-refractivity contribution in [3.8, 4) is 0 Å². The summed E-state index contributed by atoms with van der Waals surface area (Å²) in [6.07, 6.45) is 6.07. The lowest BCUT2D eigenvalue weighted by molar-refractivity contribution is 0.0790. The van der Waals surface area contributed by atoms with Gasteiger partial charge in [0.2, 0.25) is 5.95 Å². The summed E-state index contributed by atoms with van der Waals surface area (Å²) < 4.78 is 1.87. The molecular weight excluding hydrogens is 332 g/mol. The molecule has 0 radical (unpaired) electrons. The Bertz CT molecular complexity index is 1020. The highest BCUT2D eigenvalue weighted by Crippen LogP contribution is 2.27. The van der Waals surface area contributed by atoms with E-state index in [0.29, 0.717) is 24.6 Å². The lowest BCUT2D eigenvalue weighted by atomic mass is 10.0. The molecule has 8 nitrogen and oxygen atoms in total. The predicted octanol–water partition coefficient (Wildman–Crippen LogP) is 1.11. The van der Waals surface area contributed by atoms with Crippen molar-refractivity contribution in [2.75, 3.05) is 32.1 Å². The molecule has 4 heterocycles. The first-order chi connectivity index (χ1) is 12.5. The number of hydrogen-bond donors (Lipinski definition) is 1. The van der Waals surface area contributed by atoms with Crippen LogP contribution in [0.15, 0.2) is 41.7 Å². The fourth-order valence-corrected chi connectivity index (χ4v) is 3.31. The van der Waals surface area contributed by atoms with Crippen molar-refractivity contribution in [2.45, 2.75) is 12.3 Å². The minimum atomic E-state index is -0.172. The Balaban J connectivity index is 1.54. The maximum absolute atomic E-state index is 12.8. The van der Waals surface area contributed by atoms with Crippen LogP contribution in [0.3, 0.4) is 0 Å². The van der Waals surface area contributed by atoms with Crippen LogP contribution in [0.25, 0.3) is 5.52 Å². The zero-order valence-electron chi connectivity index (χ0n) is 14.7. The number of carbonyl (C=O) groups is 1. The number of H-pyrrole nitrogens is 1. The van der Waals surface area contributed by atoms with Gasteiger partial charge in [-0.1, -0.05) is 0 Å². The Morgan fingerprint density at radius 2 is 2.19 bits per heavy atom. The number of hydrogen-bond acceptors (Lipinski definition) is 5. The van der Waals surface area contributed by atoms with Gasteiger partial charge in [0.1, 0.15) is 0 Å². The number of aromatic amines is 1. The molecular formula is C18H20N6O2. The molecule has 3 aromatic heterocycles. The van der Waals surface area contributed by atoms with Crippen LogP contribution >= 0.6 is 0 Å². The first kappa shape index (κ1) is 16.3. The highest BCUT2D eigenvalue weighted by atomic mass is 16.2. The number of aromatic nitrogens is 4. The van der Waals surface area contributed by atoms with E-state index in [9.17, 15) is 9.59 Å². The molecule has 1 amide bonds. The van der Waals surface area contributed by atoms with Crippen molar-refractivity contribution in [1.29, 1.82) is 0 Å². The van der Waals surface area contributed by atoms with Gasteiger partial charge in [-0.25, -0.2) is 9.97 Å². The number of rotatable bonds is 3. The van der Waals surface area contributed by atoms with Crippen LogP contribution in [0, 0.1) is 0 Å². The molecule has 1 unspecified atom stereocenters. The Morgan fingerprint density at radius 1 is 1.35 bits per heavy atom. The second kappa shape index (κ2) is 6.29. The molecule has 1 saturated heterocycles. The molecule has 0 saturated carbocycles. The maximum Gasteiger partial charge on any atom is 0.254 e. The molecule has 1 aliphatic rings. The van der Waals surface area contributed by atoms with E-state index in [1.54, 1.807) is 23.5 Å². The molecule has 1 atom stereocenters. The van der Waals surface area contributed by atoms with E-state index in [2.05, 4.69) is 15.0 Å². The smallest absolute Gasteiger partial charge is 0.254 e. The van der Waals surface area contributed by atoms with Crippen LogP contribution in [0.4, 0.5) is 5.95 Å². The van der Waals surface area contributed by atoms with Crippen molar-refractivity contribution in [3.63, 3.8) is 0 Å². The molecule has 0 spiro atoms. The second-order valence-electron chi connectivity index (χ2n) is 6.77. The highest BCUT2D eigenvalue weighted by molar-refractivity contribution is 5.95. The summed E-state index contributed by atoms with van der Waals surface area (Å²) in [6, 6.07) is 5.18. The number of nitrogens with one attached hydrogen (secondary N) is 1. The number of anilines is 1. The number of fused-ring (bicyclic) bond motifs is 1. The zero-order valence-corrected chi connectivity index (χ0v) is 14.7. The molecule has 134 valence electrons. The van der Waals surface area contributed by atoms with Gasteiger partial charge in [-0.15, -0.1) is 0 Å². The van der Waals surface area contributed by atoms with Crippen LogP contribution in [0.5, 0.6) is 0 Å². The average molecular weight is 352 g/mol. The van der Waals surface area contributed by atoms with Crippen molar-refractivity contribution in [1.82, 2.24) is 24.3 Å². The Hall–Kier alpha value is -3.16. The lowest BCUT2D eigenvalue weighted by Gasteiger charge is -2.17. The number of amides is 1. The van der Waals surface area contributed by atoms with Crippen LogP contribution in [-0.4, -0.2) is 57.3 Å². The first-order valence-electron chi connectivity index (χ1n) is 8.51. The zero-order chi connectivity index (χ0) is 18.3. The molecule has 0 aromatic carbocycles. The van der Waals surface area contributed by atoms with Crippen molar-refractivity contribution in [3.05, 3.63) is 58.5 Å². The van der Waals surface area contributed by atoms with Crippen LogP contribution in [-0.2, 0) is 0 Å². The summed E-state index contributed by atoms with van der Waals surface area (Å²) in [5.74, 6) is 0.594. The van der Waals surface area contributed by atoms with Gasteiger partial charge in [-0.3, -0.25) is 14.6 Å². The molecule has 4 rings (SSSR count). The topological polar surface area (TPSA) is 86.6 Å². The molecule has 0 bridgehead atoms. The minimum Gasteiger partial charge on any atom is -0.348 e. The summed E-state index contributed by atoms with van der Waals surface area (Å²) in [7, 11) is 3.66. The molecule has 26 heavy (non-hydrogen) atoms. The number of pyridine rings is 1. The third-order valence-electron chi connectivity index (χ3n) is 4.73. The molecule has 1 fully saturated rings. The van der Waals surface area contributed by atoms with E-state index in [4.69, 9.17) is 0 Å². The lowest BCUT2D eigenvalue weighted by Crippen LogP contribution is -2.29. The molecule has 0 aliphatic carbocycles. The predicted molar refractivity (Wildman–Crippen MR) is 97.6 cm³/mol. The quantitative estimate of drug-likeness (QED) is 0.763. The minimum absolute atomic E-state index is 0.00567.